The van der Waals surface area contributed by atoms with Crippen LogP contribution in [0, 0.1) is 0 Å². The molecule has 1 aliphatic carbocycles. The number of halogens is 1. The molecule has 1 saturated carbocycles. The first-order valence-corrected chi connectivity index (χ1v) is 9.08. The number of hydrogen-bond donors (Lipinski definition) is 0. The van der Waals surface area contributed by atoms with Crippen molar-refractivity contribution in [1.29, 1.82) is 0 Å². The van der Waals surface area contributed by atoms with Crippen LogP contribution < -0.4 is 0 Å². The van der Waals surface area contributed by atoms with Crippen LogP contribution in [-0.4, -0.2) is 47.9 Å². The van der Waals surface area contributed by atoms with E-state index in [-0.39, 0.29) is 5.91 Å². The molecule has 1 amide bonds. The monoisotopic (exact) mass is 350 g/mol. The Morgan fingerprint density at radius 3 is 2.24 bits per heavy atom. The Balaban J connectivity index is 1.56. The van der Waals surface area contributed by atoms with Gasteiger partial charge in [0.1, 0.15) is 0 Å². The second kappa shape index (κ2) is 6.93. The molecule has 1 aromatic rings. The highest BCUT2D eigenvalue weighted by atomic mass is 79.9. The van der Waals surface area contributed by atoms with E-state index in [0.29, 0.717) is 0 Å². The van der Waals surface area contributed by atoms with Gasteiger partial charge in [0.15, 0.2) is 0 Å². The molecule has 21 heavy (non-hydrogen) atoms. The van der Waals surface area contributed by atoms with Gasteiger partial charge in [0.05, 0.1) is 0 Å². The number of rotatable bonds is 3. The smallest absolute Gasteiger partial charge is 0.253 e. The van der Waals surface area contributed by atoms with Crippen LogP contribution in [0.1, 0.15) is 41.6 Å². The molecule has 0 atom stereocenters. The van der Waals surface area contributed by atoms with E-state index in [1.807, 2.05) is 29.2 Å². The molecule has 0 aromatic heterocycles. The quantitative estimate of drug-likeness (QED) is 0.781. The van der Waals surface area contributed by atoms with Gasteiger partial charge < -0.3 is 4.90 Å². The maximum Gasteiger partial charge on any atom is 0.253 e. The van der Waals surface area contributed by atoms with E-state index in [9.17, 15) is 4.79 Å². The Morgan fingerprint density at radius 1 is 1.05 bits per heavy atom. The van der Waals surface area contributed by atoms with Crippen molar-refractivity contribution in [2.45, 2.75) is 37.1 Å². The molecular weight excluding hydrogens is 328 g/mol. The standard InChI is InChI=1S/C17H23BrN2O/c18-13-14-5-7-15(8-6-14)17(21)20-11-9-19(10-12-20)16-3-1-2-4-16/h5-8,16H,1-4,9-13H2. The zero-order valence-corrected chi connectivity index (χ0v) is 14.0. The number of nitrogens with zero attached hydrogens (tertiary/aromatic N) is 2. The average Bonchev–Trinajstić information content (AvgIpc) is 3.09. The zero-order chi connectivity index (χ0) is 14.7. The number of carbonyl (C=O) groups excluding carboxylic acids is 1. The Bertz CT molecular complexity index is 474. The summed E-state index contributed by atoms with van der Waals surface area (Å²) in [5, 5.41) is 0.835. The number of piperazine rings is 1. The van der Waals surface area contributed by atoms with Gasteiger partial charge in [-0.2, -0.15) is 0 Å². The molecule has 0 unspecified atom stereocenters. The van der Waals surface area contributed by atoms with Crippen LogP contribution in [0.15, 0.2) is 24.3 Å². The molecule has 1 aromatic carbocycles. The maximum atomic E-state index is 12.5. The molecule has 4 heteroatoms. The summed E-state index contributed by atoms with van der Waals surface area (Å²) in [5.74, 6) is 0.183. The van der Waals surface area contributed by atoms with Gasteiger partial charge >= 0.3 is 0 Å². The van der Waals surface area contributed by atoms with Gasteiger partial charge in [0.2, 0.25) is 0 Å². The molecular formula is C17H23BrN2O. The van der Waals surface area contributed by atoms with Crippen LogP contribution >= 0.6 is 15.9 Å². The second-order valence-corrected chi connectivity index (χ2v) is 6.66. The van der Waals surface area contributed by atoms with E-state index in [4.69, 9.17) is 0 Å². The van der Waals surface area contributed by atoms with Crippen LogP contribution in [0.4, 0.5) is 0 Å². The minimum atomic E-state index is 0.183. The Kier molecular flexibility index (Phi) is 4.96. The lowest BCUT2D eigenvalue weighted by Gasteiger charge is -2.38. The molecule has 2 fully saturated rings. The highest BCUT2D eigenvalue weighted by Crippen LogP contribution is 2.24. The maximum absolute atomic E-state index is 12.5. The molecule has 3 rings (SSSR count). The van der Waals surface area contributed by atoms with Crippen molar-refractivity contribution in [2.24, 2.45) is 0 Å². The minimum Gasteiger partial charge on any atom is -0.336 e. The third-order valence-corrected chi connectivity index (χ3v) is 5.45. The van der Waals surface area contributed by atoms with Gasteiger partial charge in [0, 0.05) is 43.1 Å². The fourth-order valence-electron chi connectivity index (χ4n) is 3.48. The van der Waals surface area contributed by atoms with E-state index in [1.165, 1.54) is 31.2 Å². The van der Waals surface area contributed by atoms with Crippen molar-refractivity contribution in [3.8, 4) is 0 Å². The lowest BCUT2D eigenvalue weighted by molar-refractivity contribution is 0.0573. The average molecular weight is 351 g/mol. The second-order valence-electron chi connectivity index (χ2n) is 6.10. The molecule has 0 N–H and O–H groups in total. The summed E-state index contributed by atoms with van der Waals surface area (Å²) >= 11 is 3.43. The molecule has 0 spiro atoms. The predicted octanol–water partition coefficient (Wildman–Crippen LogP) is 3.28. The summed E-state index contributed by atoms with van der Waals surface area (Å²) in [6.45, 7) is 3.82. The van der Waals surface area contributed by atoms with Crippen molar-refractivity contribution in [2.75, 3.05) is 26.2 Å². The SMILES string of the molecule is O=C(c1ccc(CBr)cc1)N1CCN(C2CCCC2)CC1. The van der Waals surface area contributed by atoms with Crippen molar-refractivity contribution < 1.29 is 4.79 Å². The van der Waals surface area contributed by atoms with E-state index < -0.39 is 0 Å². The lowest BCUT2D eigenvalue weighted by Crippen LogP contribution is -2.51. The third-order valence-electron chi connectivity index (χ3n) is 4.80. The molecule has 0 radical (unpaired) electrons. The molecule has 1 heterocycles. The van der Waals surface area contributed by atoms with E-state index >= 15 is 0 Å². The topological polar surface area (TPSA) is 23.6 Å². The Morgan fingerprint density at radius 2 is 1.67 bits per heavy atom. The molecule has 0 bridgehead atoms. The minimum absolute atomic E-state index is 0.183. The lowest BCUT2D eigenvalue weighted by atomic mass is 10.1. The van der Waals surface area contributed by atoms with Crippen LogP contribution in [0.2, 0.25) is 0 Å². The first kappa shape index (κ1) is 15.0. The summed E-state index contributed by atoms with van der Waals surface area (Å²) < 4.78 is 0. The summed E-state index contributed by atoms with van der Waals surface area (Å²) in [4.78, 5) is 17.1. The van der Waals surface area contributed by atoms with E-state index in [0.717, 1.165) is 43.1 Å². The van der Waals surface area contributed by atoms with E-state index in [2.05, 4.69) is 20.8 Å². The molecule has 114 valence electrons. The van der Waals surface area contributed by atoms with Gasteiger partial charge in [-0.15, -0.1) is 0 Å². The fourth-order valence-corrected chi connectivity index (χ4v) is 3.85. The van der Waals surface area contributed by atoms with Crippen molar-refractivity contribution >= 4 is 21.8 Å². The fraction of sp³-hybridized carbons (Fsp3) is 0.588. The largest absolute Gasteiger partial charge is 0.336 e. The van der Waals surface area contributed by atoms with Crippen molar-refractivity contribution in [1.82, 2.24) is 9.80 Å². The predicted molar refractivity (Wildman–Crippen MR) is 88.8 cm³/mol. The zero-order valence-electron chi connectivity index (χ0n) is 12.4. The number of carbonyl (C=O) groups is 1. The van der Waals surface area contributed by atoms with Gasteiger partial charge in [-0.1, -0.05) is 40.9 Å². The van der Waals surface area contributed by atoms with Crippen LogP contribution in [0.5, 0.6) is 0 Å². The molecule has 1 aliphatic heterocycles. The van der Waals surface area contributed by atoms with Gasteiger partial charge in [0.25, 0.3) is 5.91 Å². The first-order valence-electron chi connectivity index (χ1n) is 7.96. The highest BCUT2D eigenvalue weighted by molar-refractivity contribution is 9.08. The molecule has 3 nitrogen and oxygen atoms in total. The normalized spacial score (nSPS) is 20.9. The summed E-state index contributed by atoms with van der Waals surface area (Å²) in [7, 11) is 0. The third kappa shape index (κ3) is 3.49. The Labute approximate surface area is 135 Å². The number of hydrogen-bond acceptors (Lipinski definition) is 2. The van der Waals surface area contributed by atoms with Crippen LogP contribution in [-0.2, 0) is 5.33 Å². The van der Waals surface area contributed by atoms with Crippen molar-refractivity contribution in [3.05, 3.63) is 35.4 Å². The highest BCUT2D eigenvalue weighted by Gasteiger charge is 2.28. The summed E-state index contributed by atoms with van der Waals surface area (Å²) in [6.07, 6.45) is 5.46. The first-order chi connectivity index (χ1) is 10.3. The Hall–Kier alpha value is -0.870. The summed E-state index contributed by atoms with van der Waals surface area (Å²) in [5.41, 5.74) is 2.02. The van der Waals surface area contributed by atoms with Crippen LogP contribution in [0.3, 0.4) is 0 Å². The van der Waals surface area contributed by atoms with Crippen molar-refractivity contribution in [3.63, 3.8) is 0 Å². The van der Waals surface area contributed by atoms with Gasteiger partial charge in [-0.05, 0) is 30.5 Å². The number of alkyl halides is 1. The number of amides is 1. The molecule has 2 aliphatic rings. The van der Waals surface area contributed by atoms with Gasteiger partial charge in [-0.25, -0.2) is 0 Å². The summed E-state index contributed by atoms with van der Waals surface area (Å²) in [6, 6.07) is 8.72. The molecule has 1 saturated heterocycles. The van der Waals surface area contributed by atoms with E-state index in [1.54, 1.807) is 0 Å². The van der Waals surface area contributed by atoms with Crippen LogP contribution in [0.25, 0.3) is 0 Å². The van der Waals surface area contributed by atoms with Gasteiger partial charge in [-0.3, -0.25) is 9.69 Å². The number of benzene rings is 1.